The molecular formula is C16H15FN2O3S. The topological polar surface area (TPSA) is 62.9 Å². The molecule has 1 aliphatic rings. The van der Waals surface area contributed by atoms with Crippen molar-refractivity contribution >= 4 is 20.8 Å². The Labute approximate surface area is 133 Å². The lowest BCUT2D eigenvalue weighted by atomic mass is 10.1. The van der Waals surface area contributed by atoms with Crippen molar-refractivity contribution in [3.05, 3.63) is 65.4 Å². The summed E-state index contributed by atoms with van der Waals surface area (Å²) in [6, 6.07) is 8.92. The maximum Gasteiger partial charge on any atom is 0.285 e. The average molecular weight is 334 g/mol. The molecule has 0 bridgehead atoms. The zero-order valence-electron chi connectivity index (χ0n) is 12.7. The summed E-state index contributed by atoms with van der Waals surface area (Å²) in [6.45, 7) is 2.09. The van der Waals surface area contributed by atoms with Gasteiger partial charge < -0.3 is 9.32 Å². The minimum Gasteiger partial charge on any atom is -0.467 e. The Bertz CT molecular complexity index is 882. The van der Waals surface area contributed by atoms with E-state index in [0.717, 1.165) is 0 Å². The Kier molecular flexibility index (Phi) is 3.81. The maximum atomic E-state index is 13.1. The standard InChI is InChI=1S/C16H15FN2O3S/c1-11-15(12-5-7-13(17)8-6-12)23(20,21)18-16(11)19(2)10-14-4-3-9-22-14/h3-9H,10H2,1-2H3. The molecule has 0 fully saturated rings. The fourth-order valence-electron chi connectivity index (χ4n) is 2.56. The van der Waals surface area contributed by atoms with E-state index < -0.39 is 15.8 Å². The first kappa shape index (κ1) is 15.5. The fourth-order valence-corrected chi connectivity index (χ4v) is 4.06. The van der Waals surface area contributed by atoms with Gasteiger partial charge in [-0.1, -0.05) is 12.1 Å². The molecule has 23 heavy (non-hydrogen) atoms. The number of hydrogen-bond acceptors (Lipinski definition) is 4. The Morgan fingerprint density at radius 3 is 2.52 bits per heavy atom. The van der Waals surface area contributed by atoms with Crippen molar-refractivity contribution in [1.29, 1.82) is 0 Å². The van der Waals surface area contributed by atoms with Gasteiger partial charge in [0.05, 0.1) is 12.8 Å². The summed E-state index contributed by atoms with van der Waals surface area (Å²) in [5.74, 6) is 0.648. The van der Waals surface area contributed by atoms with E-state index in [9.17, 15) is 12.8 Å². The number of benzene rings is 1. The third-order valence-electron chi connectivity index (χ3n) is 3.58. The highest BCUT2D eigenvalue weighted by Crippen LogP contribution is 2.33. The van der Waals surface area contributed by atoms with Crippen LogP contribution in [0.15, 0.2) is 57.0 Å². The van der Waals surface area contributed by atoms with Gasteiger partial charge in [0, 0.05) is 12.6 Å². The van der Waals surface area contributed by atoms with Crippen LogP contribution < -0.4 is 0 Å². The normalized spacial score (nSPS) is 16.6. The number of rotatable bonds is 3. The van der Waals surface area contributed by atoms with E-state index in [1.807, 2.05) is 0 Å². The molecule has 2 heterocycles. The zero-order valence-corrected chi connectivity index (χ0v) is 13.5. The van der Waals surface area contributed by atoms with Crippen LogP contribution in [0.3, 0.4) is 0 Å². The third-order valence-corrected chi connectivity index (χ3v) is 5.05. The second-order valence-electron chi connectivity index (χ2n) is 5.29. The number of halogens is 1. The first-order valence-electron chi connectivity index (χ1n) is 6.94. The lowest BCUT2D eigenvalue weighted by molar-refractivity contribution is 0.411. The lowest BCUT2D eigenvalue weighted by Gasteiger charge is -2.17. The summed E-state index contributed by atoms with van der Waals surface area (Å²) in [5, 5.41) is 0. The molecule has 1 aromatic heterocycles. The summed E-state index contributed by atoms with van der Waals surface area (Å²) in [7, 11) is -2.06. The first-order valence-corrected chi connectivity index (χ1v) is 8.38. The highest BCUT2D eigenvalue weighted by atomic mass is 32.2. The van der Waals surface area contributed by atoms with Crippen LogP contribution in [0, 0.1) is 5.82 Å². The van der Waals surface area contributed by atoms with Gasteiger partial charge in [0.25, 0.3) is 10.0 Å². The highest BCUT2D eigenvalue weighted by Gasteiger charge is 2.32. The molecule has 0 radical (unpaired) electrons. The second kappa shape index (κ2) is 5.66. The lowest BCUT2D eigenvalue weighted by Crippen LogP contribution is -2.25. The molecule has 3 rings (SSSR count). The molecule has 1 aromatic carbocycles. The molecule has 120 valence electrons. The summed E-state index contributed by atoms with van der Waals surface area (Å²) >= 11 is 0. The summed E-state index contributed by atoms with van der Waals surface area (Å²) in [6.07, 6.45) is 1.56. The third kappa shape index (κ3) is 2.92. The van der Waals surface area contributed by atoms with Crippen molar-refractivity contribution in [3.63, 3.8) is 0 Å². The summed E-state index contributed by atoms with van der Waals surface area (Å²) < 4.78 is 47.0. The van der Waals surface area contributed by atoms with Crippen LogP contribution in [0.4, 0.5) is 4.39 Å². The number of amidine groups is 1. The molecular weight excluding hydrogens is 319 g/mol. The van der Waals surface area contributed by atoms with E-state index in [2.05, 4.69) is 4.40 Å². The smallest absolute Gasteiger partial charge is 0.285 e. The fraction of sp³-hybridized carbons (Fsp3) is 0.188. The first-order chi connectivity index (χ1) is 10.9. The molecule has 0 N–H and O–H groups in total. The van der Waals surface area contributed by atoms with Gasteiger partial charge in [-0.3, -0.25) is 0 Å². The molecule has 2 aromatic rings. The van der Waals surface area contributed by atoms with Crippen LogP contribution in [-0.2, 0) is 16.6 Å². The van der Waals surface area contributed by atoms with E-state index in [1.165, 1.54) is 24.3 Å². The van der Waals surface area contributed by atoms with Crippen LogP contribution in [0.2, 0.25) is 0 Å². The number of nitrogens with zero attached hydrogens (tertiary/aromatic N) is 2. The van der Waals surface area contributed by atoms with Gasteiger partial charge in [0.15, 0.2) is 0 Å². The molecule has 7 heteroatoms. The van der Waals surface area contributed by atoms with Crippen LogP contribution in [0.1, 0.15) is 18.2 Å². The van der Waals surface area contributed by atoms with Gasteiger partial charge in [0.1, 0.15) is 22.3 Å². The summed E-state index contributed by atoms with van der Waals surface area (Å²) in [5.41, 5.74) is 0.958. The minimum atomic E-state index is -3.80. The molecule has 0 unspecified atom stereocenters. The van der Waals surface area contributed by atoms with Gasteiger partial charge in [-0.25, -0.2) is 4.39 Å². The van der Waals surface area contributed by atoms with Gasteiger partial charge >= 0.3 is 0 Å². The summed E-state index contributed by atoms with van der Waals surface area (Å²) in [4.78, 5) is 1.82. The van der Waals surface area contributed by atoms with Crippen LogP contribution >= 0.6 is 0 Å². The second-order valence-corrected chi connectivity index (χ2v) is 6.83. The zero-order chi connectivity index (χ0) is 16.6. The monoisotopic (exact) mass is 334 g/mol. The molecule has 1 aliphatic heterocycles. The Hall–Kier alpha value is -2.41. The minimum absolute atomic E-state index is 0.110. The molecule has 0 atom stereocenters. The van der Waals surface area contributed by atoms with Crippen molar-refractivity contribution in [2.75, 3.05) is 7.05 Å². The molecule has 0 amide bonds. The molecule has 0 saturated carbocycles. The Morgan fingerprint density at radius 2 is 1.91 bits per heavy atom. The quantitative estimate of drug-likeness (QED) is 0.865. The van der Waals surface area contributed by atoms with Gasteiger partial charge in [-0.05, 0) is 36.8 Å². The number of sulfonamides is 1. The van der Waals surface area contributed by atoms with Crippen molar-refractivity contribution in [3.8, 4) is 0 Å². The van der Waals surface area contributed by atoms with Crippen LogP contribution in [-0.4, -0.2) is 26.2 Å². The van der Waals surface area contributed by atoms with Gasteiger partial charge in [-0.15, -0.1) is 4.40 Å². The molecule has 0 spiro atoms. The maximum absolute atomic E-state index is 13.1. The van der Waals surface area contributed by atoms with Crippen LogP contribution in [0.5, 0.6) is 0 Å². The highest BCUT2D eigenvalue weighted by molar-refractivity contribution is 8.00. The number of likely N-dealkylation sites (N-methyl/N-ethyl adjacent to an activating group) is 1. The SMILES string of the molecule is CC1=C(c2ccc(F)cc2)S(=O)(=O)N=C1N(C)Cc1ccco1. The van der Waals surface area contributed by atoms with E-state index in [4.69, 9.17) is 4.42 Å². The largest absolute Gasteiger partial charge is 0.467 e. The Morgan fingerprint density at radius 1 is 1.22 bits per heavy atom. The van der Waals surface area contributed by atoms with Crippen molar-refractivity contribution in [2.45, 2.75) is 13.5 Å². The van der Waals surface area contributed by atoms with Crippen molar-refractivity contribution in [1.82, 2.24) is 4.90 Å². The Balaban J connectivity index is 1.98. The van der Waals surface area contributed by atoms with Gasteiger partial charge in [-0.2, -0.15) is 8.42 Å². The number of hydrogen-bond donors (Lipinski definition) is 0. The molecule has 5 nitrogen and oxygen atoms in total. The average Bonchev–Trinajstić information content (AvgIpc) is 3.07. The van der Waals surface area contributed by atoms with E-state index >= 15 is 0 Å². The molecule has 0 saturated heterocycles. The predicted octanol–water partition coefficient (Wildman–Crippen LogP) is 3.02. The number of furan rings is 1. The van der Waals surface area contributed by atoms with E-state index in [0.29, 0.717) is 29.3 Å². The van der Waals surface area contributed by atoms with Crippen molar-refractivity contribution < 1.29 is 17.2 Å². The molecule has 0 aliphatic carbocycles. The predicted molar refractivity (Wildman–Crippen MR) is 85.5 cm³/mol. The van der Waals surface area contributed by atoms with Crippen LogP contribution in [0.25, 0.3) is 4.91 Å². The van der Waals surface area contributed by atoms with Gasteiger partial charge in [0.2, 0.25) is 0 Å². The van der Waals surface area contributed by atoms with E-state index in [1.54, 1.807) is 37.3 Å². The van der Waals surface area contributed by atoms with Crippen molar-refractivity contribution in [2.24, 2.45) is 4.40 Å². The van der Waals surface area contributed by atoms with E-state index in [-0.39, 0.29) is 4.91 Å².